The van der Waals surface area contributed by atoms with Gasteiger partial charge in [0.1, 0.15) is 18.5 Å². The van der Waals surface area contributed by atoms with Gasteiger partial charge < -0.3 is 35.2 Å². The van der Waals surface area contributed by atoms with Gasteiger partial charge in [0.05, 0.1) is 18.6 Å². The summed E-state index contributed by atoms with van der Waals surface area (Å²) in [6.45, 7) is 6.04. The molecule has 13 nitrogen and oxygen atoms in total. The molecule has 4 aromatic rings. The average molecular weight is 557 g/mol. The van der Waals surface area contributed by atoms with Gasteiger partial charge in [-0.1, -0.05) is 0 Å². The highest BCUT2D eigenvalue weighted by Gasteiger charge is 2.23. The molecule has 6 rings (SSSR count). The van der Waals surface area contributed by atoms with E-state index >= 15 is 0 Å². The molecule has 3 aromatic heterocycles. The van der Waals surface area contributed by atoms with E-state index in [1.807, 2.05) is 4.90 Å². The van der Waals surface area contributed by atoms with E-state index in [0.717, 1.165) is 12.6 Å². The summed E-state index contributed by atoms with van der Waals surface area (Å²) in [5, 5.41) is 10.7. The first-order valence-electron chi connectivity index (χ1n) is 13.1. The second-order valence-electron chi connectivity index (χ2n) is 9.53. The second-order valence-corrected chi connectivity index (χ2v) is 9.53. The van der Waals surface area contributed by atoms with Gasteiger partial charge in [-0.3, -0.25) is 4.90 Å². The van der Waals surface area contributed by atoms with Crippen LogP contribution < -0.4 is 26.0 Å². The Morgan fingerprint density at radius 1 is 1.12 bits per heavy atom. The fraction of sp³-hybridized carbons (Fsp3) is 0.440. The quantitative estimate of drug-likeness (QED) is 0.273. The third kappa shape index (κ3) is 5.76. The lowest BCUT2D eigenvalue weighted by Crippen LogP contribution is -2.48. The van der Waals surface area contributed by atoms with Crippen LogP contribution in [0.1, 0.15) is 0 Å². The molecule has 15 heteroatoms. The number of morpholine rings is 1. The van der Waals surface area contributed by atoms with Crippen LogP contribution in [0.25, 0.3) is 17.4 Å². The fourth-order valence-corrected chi connectivity index (χ4v) is 4.71. The molecule has 1 unspecified atom stereocenters. The van der Waals surface area contributed by atoms with Gasteiger partial charge in [0.15, 0.2) is 17.3 Å². The zero-order chi connectivity index (χ0) is 27.5. The van der Waals surface area contributed by atoms with Crippen molar-refractivity contribution >= 4 is 23.4 Å². The largest absolute Gasteiger partial charge is 0.488 e. The molecule has 1 atom stereocenters. The van der Waals surface area contributed by atoms with Crippen molar-refractivity contribution in [1.29, 1.82) is 0 Å². The number of halogens is 2. The monoisotopic (exact) mass is 556 g/mol. The third-order valence-electron chi connectivity index (χ3n) is 6.83. The molecular weight excluding hydrogens is 526 g/mol. The summed E-state index contributed by atoms with van der Waals surface area (Å²) in [6, 6.07) is 5.83. The predicted octanol–water partition coefficient (Wildman–Crippen LogP) is 1.24. The van der Waals surface area contributed by atoms with E-state index < -0.39 is 11.6 Å². The first-order chi connectivity index (χ1) is 19.5. The number of nitrogens with zero attached hydrogens (tertiary/aromatic N) is 7. The minimum absolute atomic E-state index is 0.0254. The van der Waals surface area contributed by atoms with Crippen LogP contribution in [-0.2, 0) is 4.74 Å². The summed E-state index contributed by atoms with van der Waals surface area (Å²) in [7, 11) is 0. The van der Waals surface area contributed by atoms with Gasteiger partial charge >= 0.3 is 0 Å². The molecule has 2 aliphatic rings. The van der Waals surface area contributed by atoms with Crippen molar-refractivity contribution in [2.45, 2.75) is 6.10 Å². The van der Waals surface area contributed by atoms with Gasteiger partial charge in [-0.15, -0.1) is 5.10 Å². The van der Waals surface area contributed by atoms with E-state index in [0.29, 0.717) is 81.4 Å². The number of hydrogen-bond donors (Lipinski definition) is 3. The SMILES string of the molecule is Nc1nc(NCCN2CCN(c3cc(OCC4CNCCO4)c(F)cc3F)CC2)nc2nc(-c3ccco3)nn12. The van der Waals surface area contributed by atoms with Crippen LogP contribution >= 0.6 is 0 Å². The molecule has 2 saturated heterocycles. The van der Waals surface area contributed by atoms with Crippen molar-refractivity contribution in [1.82, 2.24) is 34.8 Å². The predicted molar refractivity (Wildman–Crippen MR) is 142 cm³/mol. The average Bonchev–Trinajstić information content (AvgIpc) is 3.65. The zero-order valence-electron chi connectivity index (χ0n) is 21.7. The maximum Gasteiger partial charge on any atom is 0.259 e. The Morgan fingerprint density at radius 2 is 2.00 bits per heavy atom. The Hall–Kier alpha value is -4.08. The molecule has 0 spiro atoms. The number of fused-ring (bicyclic) bond motifs is 1. The first kappa shape index (κ1) is 26.2. The summed E-state index contributed by atoms with van der Waals surface area (Å²) < 4.78 is 47.0. The van der Waals surface area contributed by atoms with E-state index in [1.54, 1.807) is 12.1 Å². The van der Waals surface area contributed by atoms with Gasteiger partial charge in [0, 0.05) is 64.5 Å². The van der Waals surface area contributed by atoms with E-state index in [4.69, 9.17) is 19.6 Å². The number of benzene rings is 1. The van der Waals surface area contributed by atoms with E-state index in [1.165, 1.54) is 16.8 Å². The van der Waals surface area contributed by atoms with Crippen molar-refractivity contribution in [2.24, 2.45) is 0 Å². The Morgan fingerprint density at radius 3 is 2.77 bits per heavy atom. The van der Waals surface area contributed by atoms with Gasteiger partial charge in [-0.05, 0) is 12.1 Å². The molecule has 1 aromatic carbocycles. The maximum atomic E-state index is 14.7. The molecular formula is C25H30F2N10O3. The molecule has 212 valence electrons. The highest BCUT2D eigenvalue weighted by Crippen LogP contribution is 2.29. The van der Waals surface area contributed by atoms with Gasteiger partial charge in [-0.2, -0.15) is 19.5 Å². The first-order valence-corrected chi connectivity index (χ1v) is 13.1. The number of piperazine rings is 1. The highest BCUT2D eigenvalue weighted by atomic mass is 19.1. The minimum atomic E-state index is -0.723. The Bertz CT molecular complexity index is 1440. The van der Waals surface area contributed by atoms with Crippen LogP contribution in [0.3, 0.4) is 0 Å². The number of anilines is 3. The number of ether oxygens (including phenoxy) is 2. The Kier molecular flexibility index (Phi) is 7.57. The smallest absolute Gasteiger partial charge is 0.259 e. The molecule has 40 heavy (non-hydrogen) atoms. The summed E-state index contributed by atoms with van der Waals surface area (Å²) in [4.78, 5) is 17.2. The molecule has 0 radical (unpaired) electrons. The van der Waals surface area contributed by atoms with Crippen LogP contribution in [-0.4, -0.2) is 101 Å². The molecule has 0 amide bonds. The number of rotatable bonds is 9. The molecule has 2 fully saturated rings. The molecule has 2 aliphatic heterocycles. The number of hydrogen-bond acceptors (Lipinski definition) is 12. The number of nitrogen functional groups attached to an aromatic ring is 1. The molecule has 0 saturated carbocycles. The summed E-state index contributed by atoms with van der Waals surface area (Å²) in [5.41, 5.74) is 6.38. The summed E-state index contributed by atoms with van der Waals surface area (Å²) in [5.74, 6) is 0.377. The maximum absolute atomic E-state index is 14.7. The van der Waals surface area contributed by atoms with Gasteiger partial charge in [0.25, 0.3) is 5.78 Å². The second kappa shape index (κ2) is 11.6. The van der Waals surface area contributed by atoms with Gasteiger partial charge in [-0.25, -0.2) is 8.78 Å². The topological polar surface area (TPSA) is 144 Å². The van der Waals surface area contributed by atoms with E-state index in [9.17, 15) is 8.78 Å². The minimum Gasteiger partial charge on any atom is -0.488 e. The van der Waals surface area contributed by atoms with E-state index in [-0.39, 0.29) is 24.4 Å². The van der Waals surface area contributed by atoms with Crippen molar-refractivity contribution in [2.75, 3.05) is 81.5 Å². The van der Waals surface area contributed by atoms with Crippen LogP contribution in [0.2, 0.25) is 0 Å². The number of furan rings is 1. The van der Waals surface area contributed by atoms with Crippen molar-refractivity contribution in [3.8, 4) is 17.3 Å². The summed E-state index contributed by atoms with van der Waals surface area (Å²) in [6.07, 6.45) is 1.37. The normalized spacial score (nSPS) is 18.4. The molecule has 4 N–H and O–H groups in total. The Balaban J connectivity index is 1.01. The fourth-order valence-electron chi connectivity index (χ4n) is 4.71. The van der Waals surface area contributed by atoms with Gasteiger partial charge in [0.2, 0.25) is 17.7 Å². The highest BCUT2D eigenvalue weighted by molar-refractivity contribution is 5.54. The molecule has 0 aliphatic carbocycles. The van der Waals surface area contributed by atoms with Crippen LogP contribution in [0.5, 0.6) is 5.75 Å². The summed E-state index contributed by atoms with van der Waals surface area (Å²) >= 11 is 0. The lowest BCUT2D eigenvalue weighted by molar-refractivity contribution is -0.000550. The van der Waals surface area contributed by atoms with Crippen molar-refractivity contribution in [3.05, 3.63) is 42.2 Å². The van der Waals surface area contributed by atoms with Crippen LogP contribution in [0, 0.1) is 11.6 Å². The third-order valence-corrected chi connectivity index (χ3v) is 6.83. The number of nitrogens with one attached hydrogen (secondary N) is 2. The van der Waals surface area contributed by atoms with Crippen molar-refractivity contribution in [3.63, 3.8) is 0 Å². The Labute approximate surface area is 228 Å². The molecule has 5 heterocycles. The van der Waals surface area contributed by atoms with Crippen molar-refractivity contribution < 1.29 is 22.7 Å². The van der Waals surface area contributed by atoms with Crippen LogP contribution in [0.4, 0.5) is 26.4 Å². The molecule has 0 bridgehead atoms. The zero-order valence-corrected chi connectivity index (χ0v) is 21.7. The standard InChI is InChI=1S/C25H30F2N10O3/c26-17-12-18(27)21(40-15-16-14-29-4-11-38-16)13-19(17)36-8-6-35(7-9-36)5-3-30-24-32-23(28)37-25(33-24)31-22(34-37)20-2-1-10-39-20/h1-2,10,12-13,16,29H,3-9,11,14-15H2,(H3,28,30,31,32,33,34). The lowest BCUT2D eigenvalue weighted by Gasteiger charge is -2.36. The lowest BCUT2D eigenvalue weighted by atomic mass is 10.2. The number of aromatic nitrogens is 5. The van der Waals surface area contributed by atoms with Crippen LogP contribution in [0.15, 0.2) is 34.9 Å². The van der Waals surface area contributed by atoms with E-state index in [2.05, 4.69) is 35.6 Å². The number of nitrogens with two attached hydrogens (primary N) is 1.